The zero-order valence-electron chi connectivity index (χ0n) is 67.5. The predicted octanol–water partition coefficient (Wildman–Crippen LogP) is 18.4. The molecule has 0 fully saturated rings. The number of unbranched alkanes of at least 4 members (excludes halogenated alkanes) is 12. The second kappa shape index (κ2) is 49.0. The van der Waals surface area contributed by atoms with Crippen LogP contribution in [0.1, 0.15) is 172 Å². The van der Waals surface area contributed by atoms with Gasteiger partial charge in [0.05, 0.1) is 94.7 Å². The van der Waals surface area contributed by atoms with Crippen molar-refractivity contribution in [3.8, 4) is 46.0 Å². The van der Waals surface area contributed by atoms with Crippen molar-refractivity contribution >= 4 is 67.4 Å². The topological polar surface area (TPSA) is 316 Å². The van der Waals surface area contributed by atoms with Crippen molar-refractivity contribution in [3.05, 3.63) is 264 Å². The van der Waals surface area contributed by atoms with Crippen molar-refractivity contribution in [3.63, 3.8) is 0 Å². The molecule has 0 amide bonds. The third-order valence-corrected chi connectivity index (χ3v) is 21.0. The van der Waals surface area contributed by atoms with Crippen LogP contribution in [0.15, 0.2) is 250 Å². The van der Waals surface area contributed by atoms with Crippen molar-refractivity contribution < 1.29 is 121 Å². The fraction of sp³-hybridized carbons (Fsp3) is 0.304. The molecule has 0 unspecified atom stereocenters. The normalized spacial score (nSPS) is 10.9. The molecule has 0 aliphatic heterocycles. The van der Waals surface area contributed by atoms with E-state index in [-0.39, 0.29) is 77.1 Å². The molecule has 0 heterocycles. The summed E-state index contributed by atoms with van der Waals surface area (Å²) in [7, 11) is -8.01. The number of carbonyl (C=O) groups is 8. The van der Waals surface area contributed by atoms with Gasteiger partial charge in [-0.05, 0) is 300 Å². The van der Waals surface area contributed by atoms with E-state index < -0.39 is 67.1 Å². The molecule has 0 spiro atoms. The van der Waals surface area contributed by atoms with E-state index in [1.165, 1.54) is 121 Å². The van der Waals surface area contributed by atoms with E-state index in [4.69, 9.17) is 56.8 Å². The van der Waals surface area contributed by atoms with Crippen molar-refractivity contribution in [1.82, 2.24) is 0 Å². The number of esters is 8. The fourth-order valence-electron chi connectivity index (χ4n) is 10.7. The van der Waals surface area contributed by atoms with Crippen LogP contribution in [0.5, 0.6) is 46.0 Å². The Hall–Kier alpha value is -12.6. The van der Waals surface area contributed by atoms with Crippen LogP contribution in [0.2, 0.25) is 0 Å². The van der Waals surface area contributed by atoms with Gasteiger partial charge in [0.25, 0.3) is 0 Å². The Morgan fingerprint density at radius 2 is 0.458 bits per heavy atom. The van der Waals surface area contributed by atoms with Crippen molar-refractivity contribution in [2.45, 2.75) is 150 Å². The van der Waals surface area contributed by atoms with Gasteiger partial charge < -0.3 is 56.8 Å². The fourth-order valence-corrected chi connectivity index (χ4v) is 13.2. The minimum absolute atomic E-state index is 0.0151. The standard InChI is InChI=1S/C46H48F2O12S.C46H50O12S/c1-31(2)43(49)57-27-11-7-5-9-25-55-35-17-23-39(41(47)29-35)45(51)59-33-13-19-37(20-14-33)61(53,54)38-21-15-34(16-22-38)60-46(52)40-24-18-36(30-42(40)48)56-26-10-6-8-12-28-58-44(50)32(3)4;1-33(2)43(47)55-31-11-7-5-9-29-53-37-17-13-35(14-18-37)45(49)57-39-21-25-41(26-22-39)59(51,52)42-27-23-40(24-28-42)58-46(50)36-15-19-38(20-16-36)54-30-10-6-8-12-32-56-44(48)34(3)4/h13-24,29-30H,1,3,5-12,25-28H2,2,4H3;13-28H,1,3,5-12,29-32H2,2,4H3. The van der Waals surface area contributed by atoms with Gasteiger partial charge >= 0.3 is 47.8 Å². The molecule has 8 rings (SSSR count). The first-order chi connectivity index (χ1) is 57.5. The minimum Gasteiger partial charge on any atom is -0.494 e. The molecule has 120 heavy (non-hydrogen) atoms. The molecule has 0 N–H and O–H groups in total. The van der Waals surface area contributed by atoms with Gasteiger partial charge in [-0.1, -0.05) is 26.3 Å². The van der Waals surface area contributed by atoms with E-state index in [2.05, 4.69) is 26.3 Å². The van der Waals surface area contributed by atoms with Crippen LogP contribution < -0.4 is 37.9 Å². The van der Waals surface area contributed by atoms with Crippen LogP contribution in [0.25, 0.3) is 0 Å². The molecule has 0 aliphatic carbocycles. The van der Waals surface area contributed by atoms with Crippen LogP contribution in [0, 0.1) is 11.6 Å². The molecule has 0 atom stereocenters. The van der Waals surface area contributed by atoms with E-state index >= 15 is 0 Å². The lowest BCUT2D eigenvalue weighted by Crippen LogP contribution is -2.11. The number of halogens is 2. The summed E-state index contributed by atoms with van der Waals surface area (Å²) in [5, 5.41) is 0. The largest absolute Gasteiger partial charge is 0.494 e. The maximum Gasteiger partial charge on any atom is 0.346 e. The first-order valence-corrected chi connectivity index (χ1v) is 41.9. The van der Waals surface area contributed by atoms with Crippen LogP contribution in [0.4, 0.5) is 8.78 Å². The van der Waals surface area contributed by atoms with Crippen molar-refractivity contribution in [2.24, 2.45) is 0 Å². The Labute approximate surface area is 697 Å². The molecule has 8 aromatic carbocycles. The van der Waals surface area contributed by atoms with Crippen molar-refractivity contribution in [2.75, 3.05) is 52.9 Å². The molecule has 0 aromatic heterocycles. The van der Waals surface area contributed by atoms with E-state index in [1.807, 2.05) is 0 Å². The average molecular weight is 1690 g/mol. The quantitative estimate of drug-likeness (QED) is 0.0112. The van der Waals surface area contributed by atoms with Gasteiger partial charge in [-0.25, -0.2) is 64.0 Å². The second-order valence-corrected chi connectivity index (χ2v) is 31.4. The Bertz CT molecular complexity index is 4760. The Morgan fingerprint density at radius 3 is 0.683 bits per heavy atom. The highest BCUT2D eigenvalue weighted by Crippen LogP contribution is 2.30. The van der Waals surface area contributed by atoms with Gasteiger partial charge in [-0.3, -0.25) is 0 Å². The van der Waals surface area contributed by atoms with Gasteiger partial charge in [-0.15, -0.1) is 0 Å². The summed E-state index contributed by atoms with van der Waals surface area (Å²) in [6.45, 7) is 23.5. The molecule has 0 bridgehead atoms. The summed E-state index contributed by atoms with van der Waals surface area (Å²) < 4.78 is 147. The lowest BCUT2D eigenvalue weighted by molar-refractivity contribution is -0.139. The molecule has 28 heteroatoms. The molecule has 8 aromatic rings. The van der Waals surface area contributed by atoms with E-state index in [0.717, 1.165) is 89.2 Å². The number of sulfone groups is 2. The van der Waals surface area contributed by atoms with Gasteiger partial charge in [0, 0.05) is 34.4 Å². The van der Waals surface area contributed by atoms with Gasteiger partial charge in [-0.2, -0.15) is 0 Å². The molecular weight excluding hydrogens is 1590 g/mol. The molecule has 0 radical (unpaired) electrons. The molecule has 0 saturated heterocycles. The first kappa shape index (κ1) is 94.6. The SMILES string of the molecule is C=C(C)C(=O)OCCCCCCOc1ccc(C(=O)Oc2ccc(S(=O)(=O)c3ccc(OC(=O)c4ccc(OCCCCCCOC(=O)C(=C)C)cc4)cc3)cc2)cc1.C=C(C)C(=O)OCCCCCCOc1ccc(C(=O)Oc2ccc(S(=O)(=O)c3ccc(OC(=O)c4ccc(OCCCCCCOC(=O)C(=C)C)cc4F)cc3)cc2)c(F)c1. The molecule has 0 saturated carbocycles. The average Bonchev–Trinajstić information content (AvgIpc) is 0.802. The molecule has 24 nitrogen and oxygen atoms in total. The molecular formula is C92H98F2O24S2. The lowest BCUT2D eigenvalue weighted by Gasteiger charge is -2.10. The third kappa shape index (κ3) is 32.0. The first-order valence-electron chi connectivity index (χ1n) is 38.9. The van der Waals surface area contributed by atoms with E-state index in [0.29, 0.717) is 123 Å². The number of ether oxygens (including phenoxy) is 12. The van der Waals surface area contributed by atoms with Crippen LogP contribution in [0.3, 0.4) is 0 Å². The predicted molar refractivity (Wildman–Crippen MR) is 441 cm³/mol. The summed E-state index contributed by atoms with van der Waals surface area (Å²) in [6, 6.07) is 41.4. The number of hydrogen-bond acceptors (Lipinski definition) is 24. The third-order valence-electron chi connectivity index (χ3n) is 17.4. The van der Waals surface area contributed by atoms with Crippen LogP contribution in [-0.4, -0.2) is 117 Å². The zero-order valence-corrected chi connectivity index (χ0v) is 69.1. The highest BCUT2D eigenvalue weighted by atomic mass is 32.2. The van der Waals surface area contributed by atoms with Crippen molar-refractivity contribution in [1.29, 1.82) is 0 Å². The summed E-state index contributed by atoms with van der Waals surface area (Å²) in [5.41, 5.74) is 1.36. The molecule has 636 valence electrons. The highest BCUT2D eigenvalue weighted by Gasteiger charge is 2.24. The Balaban J connectivity index is 0.000000331. The Kier molecular flexibility index (Phi) is 38.6. The minimum atomic E-state index is -4.07. The van der Waals surface area contributed by atoms with Gasteiger partial charge in [0.2, 0.25) is 19.7 Å². The highest BCUT2D eigenvalue weighted by molar-refractivity contribution is 7.91. The van der Waals surface area contributed by atoms with Crippen LogP contribution in [-0.2, 0) is 57.8 Å². The maximum absolute atomic E-state index is 14.8. The lowest BCUT2D eigenvalue weighted by atomic mass is 10.2. The second-order valence-electron chi connectivity index (χ2n) is 27.5. The number of rotatable bonds is 48. The summed E-state index contributed by atoms with van der Waals surface area (Å²) in [4.78, 5) is 96.2. The van der Waals surface area contributed by atoms with E-state index in [1.54, 1.807) is 76.2 Å². The maximum atomic E-state index is 14.8. The smallest absolute Gasteiger partial charge is 0.346 e. The number of benzene rings is 8. The van der Waals surface area contributed by atoms with Crippen LogP contribution >= 0.6 is 0 Å². The van der Waals surface area contributed by atoms with E-state index in [9.17, 15) is 64.0 Å². The molecule has 0 aliphatic rings. The summed E-state index contributed by atoms with van der Waals surface area (Å²) in [6.07, 6.45) is 12.8. The Morgan fingerprint density at radius 1 is 0.258 bits per heavy atom. The van der Waals surface area contributed by atoms with Gasteiger partial charge in [0.15, 0.2) is 0 Å². The number of carbonyl (C=O) groups excluding carboxylic acids is 8. The summed E-state index contributed by atoms with van der Waals surface area (Å²) >= 11 is 0. The zero-order chi connectivity index (χ0) is 87.0. The van der Waals surface area contributed by atoms with Gasteiger partial charge in [0.1, 0.15) is 57.6 Å². The summed E-state index contributed by atoms with van der Waals surface area (Å²) in [5.74, 6) is -4.60. The monoisotopic (exact) mass is 1690 g/mol. The number of hydrogen-bond donors (Lipinski definition) is 0.